The second kappa shape index (κ2) is 6.57. The number of aryl methyl sites for hydroxylation is 2. The van der Waals surface area contributed by atoms with Gasteiger partial charge in [-0.25, -0.2) is 0 Å². The largest absolute Gasteiger partial charge is 0.378 e. The maximum Gasteiger partial charge on any atom is 0.0736 e. The molecule has 2 aromatic rings. The molecule has 0 aliphatic heterocycles. The first-order chi connectivity index (χ1) is 9.61. The number of hydrogen-bond donors (Lipinski definition) is 1. The minimum Gasteiger partial charge on any atom is -0.378 e. The van der Waals surface area contributed by atoms with Gasteiger partial charge in [0.15, 0.2) is 0 Å². The molecule has 2 rings (SSSR count). The fourth-order valence-electron chi connectivity index (χ4n) is 2.35. The summed E-state index contributed by atoms with van der Waals surface area (Å²) >= 11 is 0. The van der Waals surface area contributed by atoms with Crippen LogP contribution in [0.2, 0.25) is 0 Å². The molecule has 108 valence electrons. The molecule has 0 saturated heterocycles. The molecule has 1 atom stereocenters. The lowest BCUT2D eigenvalue weighted by Crippen LogP contribution is -2.09. The van der Waals surface area contributed by atoms with Crippen molar-refractivity contribution in [3.05, 3.63) is 47.3 Å². The van der Waals surface area contributed by atoms with E-state index in [4.69, 9.17) is 4.74 Å². The summed E-state index contributed by atoms with van der Waals surface area (Å²) in [6, 6.07) is 8.49. The SMILES string of the molecule is CCOCc1ccccc1NC(C)c1cn(C)nc1C. The number of nitrogens with one attached hydrogen (secondary N) is 1. The molecule has 4 heteroatoms. The number of nitrogens with zero attached hydrogens (tertiary/aromatic N) is 2. The van der Waals surface area contributed by atoms with Gasteiger partial charge in [0.05, 0.1) is 18.3 Å². The van der Waals surface area contributed by atoms with E-state index in [2.05, 4.69) is 35.7 Å². The molecular formula is C16H23N3O. The Hall–Kier alpha value is -1.81. The lowest BCUT2D eigenvalue weighted by atomic mass is 10.1. The average molecular weight is 273 g/mol. The smallest absolute Gasteiger partial charge is 0.0736 e. The van der Waals surface area contributed by atoms with Crippen molar-refractivity contribution < 1.29 is 4.74 Å². The second-order valence-corrected chi connectivity index (χ2v) is 5.00. The van der Waals surface area contributed by atoms with Gasteiger partial charge in [0, 0.05) is 36.7 Å². The Morgan fingerprint density at radius 3 is 2.75 bits per heavy atom. The van der Waals surface area contributed by atoms with Gasteiger partial charge < -0.3 is 10.1 Å². The highest BCUT2D eigenvalue weighted by molar-refractivity contribution is 5.52. The van der Waals surface area contributed by atoms with Crippen LogP contribution in [0.1, 0.15) is 36.7 Å². The highest BCUT2D eigenvalue weighted by Crippen LogP contribution is 2.24. The molecule has 0 amide bonds. The van der Waals surface area contributed by atoms with Gasteiger partial charge in [-0.3, -0.25) is 4.68 Å². The fourth-order valence-corrected chi connectivity index (χ4v) is 2.35. The number of anilines is 1. The summed E-state index contributed by atoms with van der Waals surface area (Å²) < 4.78 is 7.37. The van der Waals surface area contributed by atoms with Gasteiger partial charge in [-0.2, -0.15) is 5.10 Å². The Kier molecular flexibility index (Phi) is 4.79. The zero-order chi connectivity index (χ0) is 14.5. The van der Waals surface area contributed by atoms with Crippen LogP contribution >= 0.6 is 0 Å². The van der Waals surface area contributed by atoms with Crippen LogP contribution in [0.15, 0.2) is 30.5 Å². The van der Waals surface area contributed by atoms with Crippen LogP contribution < -0.4 is 5.32 Å². The standard InChI is InChI=1S/C16H23N3O/c1-5-20-11-14-8-6-7-9-16(14)17-12(2)15-10-19(4)18-13(15)3/h6-10,12,17H,5,11H2,1-4H3. The molecule has 1 unspecified atom stereocenters. The third kappa shape index (κ3) is 3.39. The third-order valence-corrected chi connectivity index (χ3v) is 3.37. The highest BCUT2D eigenvalue weighted by atomic mass is 16.5. The summed E-state index contributed by atoms with van der Waals surface area (Å²) in [7, 11) is 1.95. The number of para-hydroxylation sites is 1. The summed E-state index contributed by atoms with van der Waals surface area (Å²) in [6.45, 7) is 7.57. The maximum atomic E-state index is 5.52. The Morgan fingerprint density at radius 1 is 1.35 bits per heavy atom. The first kappa shape index (κ1) is 14.6. The average Bonchev–Trinajstić information content (AvgIpc) is 2.77. The van der Waals surface area contributed by atoms with Gasteiger partial charge in [-0.15, -0.1) is 0 Å². The number of rotatable bonds is 6. The molecule has 0 fully saturated rings. The van der Waals surface area contributed by atoms with Crippen molar-refractivity contribution in [2.75, 3.05) is 11.9 Å². The van der Waals surface area contributed by atoms with E-state index in [1.54, 1.807) is 0 Å². The summed E-state index contributed by atoms with van der Waals surface area (Å²) in [5.74, 6) is 0. The van der Waals surface area contributed by atoms with E-state index in [0.29, 0.717) is 6.61 Å². The van der Waals surface area contributed by atoms with Crippen molar-refractivity contribution in [2.45, 2.75) is 33.4 Å². The van der Waals surface area contributed by atoms with E-state index in [0.717, 1.165) is 18.0 Å². The van der Waals surface area contributed by atoms with E-state index < -0.39 is 0 Å². The van der Waals surface area contributed by atoms with Gasteiger partial charge >= 0.3 is 0 Å². The van der Waals surface area contributed by atoms with E-state index in [1.807, 2.05) is 37.7 Å². The van der Waals surface area contributed by atoms with Crippen molar-refractivity contribution in [1.82, 2.24) is 9.78 Å². The lowest BCUT2D eigenvalue weighted by Gasteiger charge is -2.17. The van der Waals surface area contributed by atoms with Gasteiger partial charge in [-0.05, 0) is 26.8 Å². The minimum atomic E-state index is 0.214. The molecule has 0 saturated carbocycles. The normalized spacial score (nSPS) is 12.4. The third-order valence-electron chi connectivity index (χ3n) is 3.37. The fraction of sp³-hybridized carbons (Fsp3) is 0.438. The van der Waals surface area contributed by atoms with Crippen LogP contribution in [0, 0.1) is 6.92 Å². The first-order valence-electron chi connectivity index (χ1n) is 7.04. The van der Waals surface area contributed by atoms with Crippen LogP contribution in [0.3, 0.4) is 0 Å². The quantitative estimate of drug-likeness (QED) is 0.876. The molecule has 4 nitrogen and oxygen atoms in total. The molecule has 0 aliphatic rings. The summed E-state index contributed by atoms with van der Waals surface area (Å²) in [5.41, 5.74) is 4.59. The molecular weight excluding hydrogens is 250 g/mol. The molecule has 20 heavy (non-hydrogen) atoms. The zero-order valence-corrected chi connectivity index (χ0v) is 12.7. The van der Waals surface area contributed by atoms with Crippen LogP contribution in [0.4, 0.5) is 5.69 Å². The second-order valence-electron chi connectivity index (χ2n) is 5.00. The lowest BCUT2D eigenvalue weighted by molar-refractivity contribution is 0.134. The van der Waals surface area contributed by atoms with E-state index in [1.165, 1.54) is 11.1 Å². The molecule has 1 aromatic heterocycles. The topological polar surface area (TPSA) is 39.1 Å². The van der Waals surface area contributed by atoms with Crippen LogP contribution in [-0.4, -0.2) is 16.4 Å². The van der Waals surface area contributed by atoms with Gasteiger partial charge in [0.25, 0.3) is 0 Å². The predicted molar refractivity (Wildman–Crippen MR) is 81.8 cm³/mol. The predicted octanol–water partition coefficient (Wildman–Crippen LogP) is 3.44. The first-order valence-corrected chi connectivity index (χ1v) is 7.04. The minimum absolute atomic E-state index is 0.214. The highest BCUT2D eigenvalue weighted by Gasteiger charge is 2.13. The Labute approximate surface area is 120 Å². The monoisotopic (exact) mass is 273 g/mol. The molecule has 0 aliphatic carbocycles. The van der Waals surface area contributed by atoms with Crippen LogP contribution in [0.25, 0.3) is 0 Å². The molecule has 1 aromatic carbocycles. The van der Waals surface area contributed by atoms with Crippen molar-refractivity contribution in [3.8, 4) is 0 Å². The number of benzene rings is 1. The molecule has 1 heterocycles. The maximum absolute atomic E-state index is 5.52. The molecule has 0 radical (unpaired) electrons. The zero-order valence-electron chi connectivity index (χ0n) is 12.7. The molecule has 1 N–H and O–H groups in total. The Bertz CT molecular complexity index is 563. The van der Waals surface area contributed by atoms with Crippen molar-refractivity contribution >= 4 is 5.69 Å². The number of hydrogen-bond acceptors (Lipinski definition) is 3. The van der Waals surface area contributed by atoms with Gasteiger partial charge in [0.1, 0.15) is 0 Å². The summed E-state index contributed by atoms with van der Waals surface area (Å²) in [5, 5.41) is 7.95. The van der Waals surface area contributed by atoms with Crippen molar-refractivity contribution in [1.29, 1.82) is 0 Å². The summed E-state index contributed by atoms with van der Waals surface area (Å²) in [6.07, 6.45) is 2.07. The Balaban J connectivity index is 2.15. The number of aromatic nitrogens is 2. The molecule has 0 spiro atoms. The molecule has 0 bridgehead atoms. The van der Waals surface area contributed by atoms with E-state index in [9.17, 15) is 0 Å². The Morgan fingerprint density at radius 2 is 2.10 bits per heavy atom. The van der Waals surface area contributed by atoms with Crippen LogP contribution in [0.5, 0.6) is 0 Å². The number of ether oxygens (including phenoxy) is 1. The van der Waals surface area contributed by atoms with Gasteiger partial charge in [-0.1, -0.05) is 18.2 Å². The summed E-state index contributed by atoms with van der Waals surface area (Å²) in [4.78, 5) is 0. The van der Waals surface area contributed by atoms with Crippen molar-refractivity contribution in [3.63, 3.8) is 0 Å². The van der Waals surface area contributed by atoms with E-state index >= 15 is 0 Å². The van der Waals surface area contributed by atoms with Crippen LogP contribution in [-0.2, 0) is 18.4 Å². The van der Waals surface area contributed by atoms with E-state index in [-0.39, 0.29) is 6.04 Å². The van der Waals surface area contributed by atoms with Crippen molar-refractivity contribution in [2.24, 2.45) is 7.05 Å². The van der Waals surface area contributed by atoms with Gasteiger partial charge in [0.2, 0.25) is 0 Å².